The summed E-state index contributed by atoms with van der Waals surface area (Å²) in [6.45, 7) is 1.20. The molecule has 2 aromatic rings. The Morgan fingerprint density at radius 3 is 2.73 bits per heavy atom. The molecule has 0 amide bonds. The Bertz CT molecular complexity index is 658. The Hall–Kier alpha value is -1.33. The lowest BCUT2D eigenvalue weighted by molar-refractivity contribution is -0.131. The van der Waals surface area contributed by atoms with Crippen molar-refractivity contribution in [3.05, 3.63) is 65.2 Å². The Balaban J connectivity index is 1.75. The number of hydrogen-bond acceptors (Lipinski definition) is 4. The first-order chi connectivity index (χ1) is 10.8. The van der Waals surface area contributed by atoms with Crippen LogP contribution in [0.2, 0.25) is 0 Å². The van der Waals surface area contributed by atoms with Gasteiger partial charge in [-0.3, -0.25) is 4.84 Å². The van der Waals surface area contributed by atoms with Gasteiger partial charge in [-0.2, -0.15) is 5.06 Å². The molecule has 114 valence electrons. The fourth-order valence-corrected chi connectivity index (χ4v) is 3.73. The summed E-state index contributed by atoms with van der Waals surface area (Å²) in [5.74, 6) is 0.318. The van der Waals surface area contributed by atoms with Crippen LogP contribution in [0.4, 0.5) is 0 Å². The van der Waals surface area contributed by atoms with Crippen molar-refractivity contribution in [2.75, 3.05) is 19.6 Å². The molecule has 1 saturated heterocycles. The molecule has 0 aliphatic carbocycles. The molecule has 2 atom stereocenters. The molecule has 2 heterocycles. The molecule has 2 aromatic carbocycles. The first kappa shape index (κ1) is 14.3. The zero-order valence-corrected chi connectivity index (χ0v) is 13.4. The third-order valence-electron chi connectivity index (χ3n) is 4.51. The minimum Gasteiger partial charge on any atom is -0.333 e. The number of hydrogen-bond donors (Lipinski definition) is 0. The predicted molar refractivity (Wildman–Crippen MR) is 87.7 cm³/mol. The van der Waals surface area contributed by atoms with Crippen molar-refractivity contribution in [1.29, 1.82) is 0 Å². The second kappa shape index (κ2) is 6.05. The summed E-state index contributed by atoms with van der Waals surface area (Å²) in [4.78, 5) is 6.97. The molecule has 0 saturated carbocycles. The highest BCUT2D eigenvalue weighted by atomic mass is 32.2. The molecule has 2 aliphatic rings. The van der Waals surface area contributed by atoms with Crippen LogP contribution >= 0.6 is 11.8 Å². The number of rotatable bonds is 2. The SMILES string of the molecule is CSc1ccc(C2CN3OCOC3Cc3ccccc32)cc1. The largest absolute Gasteiger partial charge is 0.333 e. The van der Waals surface area contributed by atoms with Crippen LogP contribution in [-0.2, 0) is 16.0 Å². The van der Waals surface area contributed by atoms with Gasteiger partial charge in [0.2, 0.25) is 0 Å². The molecule has 1 fully saturated rings. The summed E-state index contributed by atoms with van der Waals surface area (Å²) >= 11 is 1.77. The maximum atomic E-state index is 5.71. The van der Waals surface area contributed by atoms with Gasteiger partial charge in [0.25, 0.3) is 0 Å². The maximum Gasteiger partial charge on any atom is 0.169 e. The lowest BCUT2D eigenvalue weighted by atomic mass is 9.88. The lowest BCUT2D eigenvalue weighted by Crippen LogP contribution is -2.32. The van der Waals surface area contributed by atoms with Gasteiger partial charge in [0.05, 0.1) is 0 Å². The number of nitrogens with zero attached hydrogens (tertiary/aromatic N) is 1. The third-order valence-corrected chi connectivity index (χ3v) is 5.25. The van der Waals surface area contributed by atoms with Gasteiger partial charge in [0.1, 0.15) is 6.23 Å². The number of thioether (sulfide) groups is 1. The highest BCUT2D eigenvalue weighted by molar-refractivity contribution is 7.98. The number of benzene rings is 2. The molecule has 0 radical (unpaired) electrons. The van der Waals surface area contributed by atoms with Crippen molar-refractivity contribution in [2.45, 2.75) is 23.5 Å². The van der Waals surface area contributed by atoms with Crippen molar-refractivity contribution in [3.8, 4) is 0 Å². The average molecular weight is 313 g/mol. The van der Waals surface area contributed by atoms with Crippen molar-refractivity contribution in [1.82, 2.24) is 5.06 Å². The smallest absolute Gasteiger partial charge is 0.169 e. The lowest BCUT2D eigenvalue weighted by Gasteiger charge is -2.22. The van der Waals surface area contributed by atoms with Crippen LogP contribution in [0.15, 0.2) is 53.4 Å². The monoisotopic (exact) mass is 313 g/mol. The molecule has 4 rings (SSSR count). The molecule has 22 heavy (non-hydrogen) atoms. The number of hydroxylamine groups is 2. The third kappa shape index (κ3) is 2.57. The minimum absolute atomic E-state index is 0.0385. The van der Waals surface area contributed by atoms with E-state index in [1.807, 2.05) is 5.06 Å². The molecule has 0 bridgehead atoms. The summed E-state index contributed by atoms with van der Waals surface area (Å²) in [7, 11) is 0. The Morgan fingerprint density at radius 1 is 1.09 bits per heavy atom. The van der Waals surface area contributed by atoms with Gasteiger partial charge in [0, 0.05) is 23.8 Å². The van der Waals surface area contributed by atoms with Crippen LogP contribution in [-0.4, -0.2) is 30.9 Å². The first-order valence-corrected chi connectivity index (χ1v) is 8.80. The van der Waals surface area contributed by atoms with Gasteiger partial charge in [-0.25, -0.2) is 0 Å². The Kier molecular flexibility index (Phi) is 3.92. The average Bonchev–Trinajstić information content (AvgIpc) is 2.94. The first-order valence-electron chi connectivity index (χ1n) is 7.58. The second-order valence-corrected chi connectivity index (χ2v) is 6.58. The van der Waals surface area contributed by atoms with Gasteiger partial charge in [0.15, 0.2) is 6.79 Å². The Morgan fingerprint density at radius 2 is 1.91 bits per heavy atom. The molecule has 0 spiro atoms. The second-order valence-electron chi connectivity index (χ2n) is 5.70. The van der Waals surface area contributed by atoms with E-state index in [1.165, 1.54) is 21.6 Å². The van der Waals surface area contributed by atoms with Gasteiger partial charge < -0.3 is 4.74 Å². The van der Waals surface area contributed by atoms with Crippen LogP contribution in [0.5, 0.6) is 0 Å². The van der Waals surface area contributed by atoms with Crippen LogP contribution in [0.3, 0.4) is 0 Å². The van der Waals surface area contributed by atoms with E-state index in [9.17, 15) is 0 Å². The highest BCUT2D eigenvalue weighted by Gasteiger charge is 2.34. The van der Waals surface area contributed by atoms with Gasteiger partial charge in [-0.05, 0) is 35.1 Å². The number of fused-ring (bicyclic) bond motifs is 2. The molecule has 4 heteroatoms. The van der Waals surface area contributed by atoms with Crippen LogP contribution in [0.1, 0.15) is 22.6 Å². The minimum atomic E-state index is 0.0385. The quantitative estimate of drug-likeness (QED) is 0.789. The molecular weight excluding hydrogens is 294 g/mol. The normalized spacial score (nSPS) is 24.6. The molecular formula is C18H19NO2S. The van der Waals surface area contributed by atoms with Crippen LogP contribution in [0, 0.1) is 0 Å². The maximum absolute atomic E-state index is 5.71. The van der Waals surface area contributed by atoms with E-state index < -0.39 is 0 Å². The van der Waals surface area contributed by atoms with Crippen molar-refractivity contribution < 1.29 is 9.57 Å². The van der Waals surface area contributed by atoms with E-state index in [0.29, 0.717) is 12.7 Å². The number of ether oxygens (including phenoxy) is 1. The van der Waals surface area contributed by atoms with Crippen molar-refractivity contribution in [3.63, 3.8) is 0 Å². The molecule has 3 nitrogen and oxygen atoms in total. The van der Waals surface area contributed by atoms with Crippen LogP contribution < -0.4 is 0 Å². The molecule has 0 aromatic heterocycles. The van der Waals surface area contributed by atoms with E-state index in [1.54, 1.807) is 11.8 Å². The van der Waals surface area contributed by atoms with Crippen molar-refractivity contribution in [2.24, 2.45) is 0 Å². The predicted octanol–water partition coefficient (Wildman–Crippen LogP) is 3.64. The van der Waals surface area contributed by atoms with Gasteiger partial charge in [-0.1, -0.05) is 36.4 Å². The zero-order chi connectivity index (χ0) is 14.9. The van der Waals surface area contributed by atoms with E-state index in [2.05, 4.69) is 54.8 Å². The standard InChI is InChI=1S/C18H19NO2S/c1-22-15-8-6-13(7-9-15)17-11-19-18(20-12-21-19)10-14-4-2-3-5-16(14)17/h2-9,17-18H,10-12H2,1H3. The summed E-state index contributed by atoms with van der Waals surface area (Å²) in [5, 5.41) is 2.01. The van der Waals surface area contributed by atoms with E-state index in [0.717, 1.165) is 13.0 Å². The molecule has 0 N–H and O–H groups in total. The van der Waals surface area contributed by atoms with Crippen molar-refractivity contribution >= 4 is 11.8 Å². The van der Waals surface area contributed by atoms with E-state index >= 15 is 0 Å². The highest BCUT2D eigenvalue weighted by Crippen LogP contribution is 2.35. The summed E-state index contributed by atoms with van der Waals surface area (Å²) < 4.78 is 5.71. The van der Waals surface area contributed by atoms with E-state index in [-0.39, 0.29) is 6.23 Å². The van der Waals surface area contributed by atoms with Gasteiger partial charge >= 0.3 is 0 Å². The van der Waals surface area contributed by atoms with Crippen LogP contribution in [0.25, 0.3) is 0 Å². The topological polar surface area (TPSA) is 21.7 Å². The zero-order valence-electron chi connectivity index (χ0n) is 12.6. The summed E-state index contributed by atoms with van der Waals surface area (Å²) in [6, 6.07) is 17.6. The fraction of sp³-hybridized carbons (Fsp3) is 0.333. The Labute approximate surface area is 135 Å². The molecule has 2 aliphatic heterocycles. The van der Waals surface area contributed by atoms with E-state index in [4.69, 9.17) is 9.57 Å². The van der Waals surface area contributed by atoms with Gasteiger partial charge in [-0.15, -0.1) is 11.8 Å². The summed E-state index contributed by atoms with van der Waals surface area (Å²) in [6.07, 6.45) is 3.03. The molecule has 2 unspecified atom stereocenters. The fourth-order valence-electron chi connectivity index (χ4n) is 3.32. The summed E-state index contributed by atoms with van der Waals surface area (Å²) in [5.41, 5.74) is 4.09.